The molecular weight excluding hydrogens is 428 g/mol. The number of aromatic amines is 1. The Hall–Kier alpha value is -3.02. The van der Waals surface area contributed by atoms with Crippen LogP contribution in [-0.4, -0.2) is 40.8 Å². The van der Waals surface area contributed by atoms with Crippen molar-refractivity contribution in [1.29, 1.82) is 0 Å². The first-order chi connectivity index (χ1) is 14.2. The van der Waals surface area contributed by atoms with Gasteiger partial charge in [0.25, 0.3) is 11.1 Å². The lowest BCUT2D eigenvalue weighted by Gasteiger charge is -2.21. The van der Waals surface area contributed by atoms with Gasteiger partial charge in [0.05, 0.1) is 28.6 Å². The molecular formula is C16H14F3N6O4P. The summed E-state index contributed by atoms with van der Waals surface area (Å²) in [6, 6.07) is 1.90. The van der Waals surface area contributed by atoms with Crippen LogP contribution >= 0.6 is 8.46 Å². The minimum Gasteiger partial charge on any atom is -0.354 e. The van der Waals surface area contributed by atoms with E-state index in [-0.39, 0.29) is 34.8 Å². The molecule has 0 amide bonds. The number of nitrogens with zero attached hydrogens (tertiary/aromatic N) is 5. The number of ether oxygens (including phenoxy) is 1. The van der Waals surface area contributed by atoms with E-state index >= 15 is 0 Å². The van der Waals surface area contributed by atoms with Crippen molar-refractivity contribution in [2.45, 2.75) is 18.6 Å². The summed E-state index contributed by atoms with van der Waals surface area (Å²) in [5, 5.41) is 18.1. The van der Waals surface area contributed by atoms with E-state index in [1.807, 2.05) is 0 Å². The minimum absolute atomic E-state index is 0.0345. The highest BCUT2D eigenvalue weighted by Gasteiger charge is 2.37. The maximum atomic E-state index is 13.7. The maximum Gasteiger partial charge on any atom is 0.418 e. The zero-order valence-corrected chi connectivity index (χ0v) is 16.4. The van der Waals surface area contributed by atoms with Gasteiger partial charge >= 0.3 is 6.18 Å². The van der Waals surface area contributed by atoms with Crippen molar-refractivity contribution in [2.24, 2.45) is 0 Å². The number of hydrogen-bond donors (Lipinski definition) is 2. The summed E-state index contributed by atoms with van der Waals surface area (Å²) >= 11 is 0. The summed E-state index contributed by atoms with van der Waals surface area (Å²) in [5.74, 6) is -0.378. The first-order valence-corrected chi connectivity index (χ1v) is 9.58. The molecule has 4 rings (SSSR count). The summed E-state index contributed by atoms with van der Waals surface area (Å²) in [7, 11) is -2.00. The third kappa shape index (κ3) is 3.11. The molecule has 30 heavy (non-hydrogen) atoms. The van der Waals surface area contributed by atoms with E-state index in [9.17, 15) is 27.6 Å². The van der Waals surface area contributed by atoms with Crippen molar-refractivity contribution in [3.63, 3.8) is 0 Å². The van der Waals surface area contributed by atoms with Crippen LogP contribution in [0.25, 0.3) is 22.4 Å². The Morgan fingerprint density at radius 2 is 2.07 bits per heavy atom. The largest absolute Gasteiger partial charge is 0.418 e. The standard InChI is InChI=1S/C16H14F3N6O4P/c1-2-29-16(27,30-28)14-23-22-12-13(26)21-9-5-8(15(17,18)19)10(6-11(9)25(12)14)24-4-3-20-7-24/h3-7,27H,2,30H2,1H3,(H,21,26). The molecule has 0 bridgehead atoms. The summed E-state index contributed by atoms with van der Waals surface area (Å²) in [4.78, 5) is 18.5. The van der Waals surface area contributed by atoms with Gasteiger partial charge < -0.3 is 24.0 Å². The predicted octanol–water partition coefficient (Wildman–Crippen LogP) is 1.67. The molecule has 0 saturated heterocycles. The Morgan fingerprint density at radius 1 is 1.30 bits per heavy atom. The third-order valence-corrected chi connectivity index (χ3v) is 5.15. The third-order valence-electron chi connectivity index (χ3n) is 4.40. The van der Waals surface area contributed by atoms with Crippen LogP contribution in [0.5, 0.6) is 0 Å². The van der Waals surface area contributed by atoms with Crippen LogP contribution in [0.15, 0.2) is 35.6 Å². The summed E-state index contributed by atoms with van der Waals surface area (Å²) < 4.78 is 60.1. The highest BCUT2D eigenvalue weighted by Crippen LogP contribution is 2.37. The molecule has 0 radical (unpaired) electrons. The first kappa shape index (κ1) is 20.3. The lowest BCUT2D eigenvalue weighted by atomic mass is 10.1. The fourth-order valence-electron chi connectivity index (χ4n) is 3.15. The second-order valence-corrected chi connectivity index (χ2v) is 7.26. The number of aromatic nitrogens is 6. The van der Waals surface area contributed by atoms with Crippen LogP contribution in [0.4, 0.5) is 13.2 Å². The number of rotatable bonds is 5. The van der Waals surface area contributed by atoms with E-state index in [0.717, 1.165) is 21.1 Å². The lowest BCUT2D eigenvalue weighted by molar-refractivity contribution is -0.143. The number of benzene rings is 1. The molecule has 0 aliphatic rings. The smallest absolute Gasteiger partial charge is 0.354 e. The van der Waals surface area contributed by atoms with E-state index in [4.69, 9.17) is 4.74 Å². The normalized spacial score (nSPS) is 14.8. The molecule has 10 nitrogen and oxygen atoms in total. The first-order valence-electron chi connectivity index (χ1n) is 8.53. The molecule has 2 unspecified atom stereocenters. The van der Waals surface area contributed by atoms with E-state index in [1.54, 1.807) is 6.92 Å². The van der Waals surface area contributed by atoms with Gasteiger partial charge in [0.1, 0.15) is 8.46 Å². The number of hydrogen-bond acceptors (Lipinski definition) is 7. The lowest BCUT2D eigenvalue weighted by Crippen LogP contribution is -2.26. The second-order valence-electron chi connectivity index (χ2n) is 6.24. The molecule has 3 heterocycles. The molecule has 14 heteroatoms. The fraction of sp³-hybridized carbons (Fsp3) is 0.250. The van der Waals surface area contributed by atoms with Crippen LogP contribution in [-0.2, 0) is 21.0 Å². The van der Waals surface area contributed by atoms with Crippen LogP contribution in [0, 0.1) is 0 Å². The summed E-state index contributed by atoms with van der Waals surface area (Å²) in [6.45, 7) is 1.50. The molecule has 0 saturated carbocycles. The topological polar surface area (TPSA) is 127 Å². The maximum absolute atomic E-state index is 13.7. The van der Waals surface area contributed by atoms with Crippen molar-refractivity contribution < 1.29 is 27.6 Å². The molecule has 2 atom stereocenters. The van der Waals surface area contributed by atoms with Gasteiger partial charge in [0, 0.05) is 19.0 Å². The van der Waals surface area contributed by atoms with Gasteiger partial charge in [-0.05, 0) is 19.1 Å². The fourth-order valence-corrected chi connectivity index (χ4v) is 3.67. The number of nitrogens with one attached hydrogen (secondary N) is 1. The summed E-state index contributed by atoms with van der Waals surface area (Å²) in [5.41, 5.74) is -4.96. The summed E-state index contributed by atoms with van der Waals surface area (Å²) in [6.07, 6.45) is -0.915. The Labute approximate surface area is 166 Å². The van der Waals surface area contributed by atoms with Gasteiger partial charge in [0.2, 0.25) is 11.5 Å². The van der Waals surface area contributed by atoms with Gasteiger partial charge in [-0.25, -0.2) is 4.98 Å². The molecule has 1 aromatic carbocycles. The average Bonchev–Trinajstić information content (AvgIpc) is 3.37. The molecule has 158 valence electrons. The number of alkyl halides is 3. The minimum atomic E-state index is -4.74. The molecule has 0 aliphatic carbocycles. The van der Waals surface area contributed by atoms with E-state index in [1.165, 1.54) is 18.7 Å². The SMILES string of the molecule is CCOC(O)([PH2]=O)c1nnc2c(=O)[nH]c3cc(C(F)(F)F)c(-n4ccnc4)cc3n12. The van der Waals surface area contributed by atoms with Crippen molar-refractivity contribution >= 4 is 25.1 Å². The van der Waals surface area contributed by atoms with Gasteiger partial charge in [-0.2, -0.15) is 13.2 Å². The van der Waals surface area contributed by atoms with E-state index in [2.05, 4.69) is 20.2 Å². The molecule has 0 fully saturated rings. The molecule has 3 aromatic heterocycles. The van der Waals surface area contributed by atoms with E-state index in [0.29, 0.717) is 0 Å². The van der Waals surface area contributed by atoms with Crippen molar-refractivity contribution in [3.8, 4) is 5.69 Å². The second kappa shape index (κ2) is 7.04. The predicted molar refractivity (Wildman–Crippen MR) is 99.2 cm³/mol. The average molecular weight is 442 g/mol. The van der Waals surface area contributed by atoms with Crippen LogP contribution in [0.1, 0.15) is 18.3 Å². The van der Waals surface area contributed by atoms with Gasteiger partial charge in [0.15, 0.2) is 0 Å². The monoisotopic (exact) mass is 442 g/mol. The molecule has 4 aromatic rings. The number of aliphatic hydroxyl groups is 1. The Morgan fingerprint density at radius 3 is 2.67 bits per heavy atom. The molecule has 0 spiro atoms. The number of halogens is 3. The van der Waals surface area contributed by atoms with Gasteiger partial charge in [-0.1, -0.05) is 0 Å². The van der Waals surface area contributed by atoms with E-state index < -0.39 is 31.3 Å². The van der Waals surface area contributed by atoms with Crippen molar-refractivity contribution in [1.82, 2.24) is 29.1 Å². The zero-order valence-electron chi connectivity index (χ0n) is 15.2. The zero-order chi connectivity index (χ0) is 21.7. The van der Waals surface area contributed by atoms with Crippen LogP contribution in [0.2, 0.25) is 0 Å². The Balaban J connectivity index is 2.16. The molecule has 0 aliphatic heterocycles. The highest BCUT2D eigenvalue weighted by molar-refractivity contribution is 7.24. The number of imidazole rings is 1. The van der Waals surface area contributed by atoms with Gasteiger partial charge in [-0.15, -0.1) is 10.2 Å². The van der Waals surface area contributed by atoms with Crippen molar-refractivity contribution in [3.05, 3.63) is 52.6 Å². The van der Waals surface area contributed by atoms with Crippen LogP contribution < -0.4 is 5.56 Å². The number of fused-ring (bicyclic) bond motifs is 3. The number of H-pyrrole nitrogens is 1. The van der Waals surface area contributed by atoms with Crippen molar-refractivity contribution in [2.75, 3.05) is 6.61 Å². The quantitative estimate of drug-likeness (QED) is 0.356. The highest BCUT2D eigenvalue weighted by atomic mass is 31.1. The van der Waals surface area contributed by atoms with Crippen LogP contribution in [0.3, 0.4) is 0 Å². The van der Waals surface area contributed by atoms with Gasteiger partial charge in [-0.3, -0.25) is 9.20 Å². The Kier molecular flexibility index (Phi) is 4.76. The molecule has 2 N–H and O–H groups in total. The Bertz CT molecular complexity index is 1320.